The molecule has 0 bridgehead atoms. The van der Waals surface area contributed by atoms with E-state index in [1.165, 1.54) is 0 Å². The summed E-state index contributed by atoms with van der Waals surface area (Å²) in [4.78, 5) is 5.34. The molecular formula is C9H10ClN3S. The average molecular weight is 228 g/mol. The summed E-state index contributed by atoms with van der Waals surface area (Å²) < 4.78 is 2.78. The number of hydrogen-bond acceptors (Lipinski definition) is 3. The molecule has 0 atom stereocenters. The smallest absolute Gasteiger partial charge is 0.122 e. The van der Waals surface area contributed by atoms with Crippen LogP contribution in [0.2, 0.25) is 4.34 Å². The average Bonchev–Trinajstić information content (AvgIpc) is 2.72. The minimum absolute atomic E-state index is 0.454. The molecule has 2 aromatic rings. The Hall–Kier alpha value is -0.840. The third kappa shape index (κ3) is 1.56. The van der Waals surface area contributed by atoms with E-state index in [2.05, 4.69) is 4.98 Å². The molecule has 0 aliphatic carbocycles. The first-order valence-electron chi connectivity index (χ1n) is 4.18. The van der Waals surface area contributed by atoms with E-state index in [4.69, 9.17) is 17.3 Å². The molecular weight excluding hydrogens is 218 g/mol. The van der Waals surface area contributed by atoms with Gasteiger partial charge in [-0.15, -0.1) is 11.3 Å². The van der Waals surface area contributed by atoms with Crippen LogP contribution >= 0.6 is 22.9 Å². The second kappa shape index (κ2) is 3.73. The zero-order chi connectivity index (χ0) is 10.1. The highest BCUT2D eigenvalue weighted by Crippen LogP contribution is 2.30. The van der Waals surface area contributed by atoms with Crippen molar-refractivity contribution in [2.24, 2.45) is 12.8 Å². The Bertz CT molecular complexity index is 447. The molecule has 14 heavy (non-hydrogen) atoms. The molecule has 0 spiro atoms. The predicted molar refractivity (Wildman–Crippen MR) is 59.4 cm³/mol. The standard InChI is InChI=1S/C9H10ClN3S/c1-13-6(5-12-9(13)4-11)7-2-3-8(10)14-7/h2-3,5H,4,11H2,1H3. The topological polar surface area (TPSA) is 43.8 Å². The minimum atomic E-state index is 0.454. The summed E-state index contributed by atoms with van der Waals surface area (Å²) in [6, 6.07) is 3.88. The number of halogens is 1. The lowest BCUT2D eigenvalue weighted by molar-refractivity contribution is 0.800. The van der Waals surface area contributed by atoms with Gasteiger partial charge < -0.3 is 10.3 Å². The summed E-state index contributed by atoms with van der Waals surface area (Å²) >= 11 is 7.41. The van der Waals surface area contributed by atoms with Gasteiger partial charge in [-0.25, -0.2) is 4.98 Å². The van der Waals surface area contributed by atoms with Crippen molar-refractivity contribution in [2.75, 3.05) is 0 Å². The van der Waals surface area contributed by atoms with Gasteiger partial charge in [0.25, 0.3) is 0 Å². The fraction of sp³-hybridized carbons (Fsp3) is 0.222. The lowest BCUT2D eigenvalue weighted by Crippen LogP contribution is -2.05. The molecule has 2 rings (SSSR count). The third-order valence-electron chi connectivity index (χ3n) is 2.09. The lowest BCUT2D eigenvalue weighted by Gasteiger charge is -2.01. The molecule has 0 unspecified atom stereocenters. The van der Waals surface area contributed by atoms with Crippen LogP contribution in [-0.2, 0) is 13.6 Å². The van der Waals surface area contributed by atoms with Crippen LogP contribution in [0, 0.1) is 0 Å². The highest BCUT2D eigenvalue weighted by atomic mass is 35.5. The van der Waals surface area contributed by atoms with Crippen LogP contribution in [0.4, 0.5) is 0 Å². The van der Waals surface area contributed by atoms with Gasteiger partial charge >= 0.3 is 0 Å². The van der Waals surface area contributed by atoms with Crippen molar-refractivity contribution in [3.63, 3.8) is 0 Å². The van der Waals surface area contributed by atoms with Crippen LogP contribution in [0.3, 0.4) is 0 Å². The van der Waals surface area contributed by atoms with Crippen molar-refractivity contribution in [1.29, 1.82) is 0 Å². The van der Waals surface area contributed by atoms with Gasteiger partial charge in [0.15, 0.2) is 0 Å². The molecule has 0 aliphatic heterocycles. The summed E-state index contributed by atoms with van der Waals surface area (Å²) in [7, 11) is 1.96. The van der Waals surface area contributed by atoms with E-state index in [0.29, 0.717) is 6.54 Å². The summed E-state index contributed by atoms with van der Waals surface area (Å²) in [5, 5.41) is 0. The Morgan fingerprint density at radius 3 is 2.86 bits per heavy atom. The first-order chi connectivity index (χ1) is 6.72. The Morgan fingerprint density at radius 1 is 1.57 bits per heavy atom. The number of nitrogens with two attached hydrogens (primary N) is 1. The molecule has 2 heterocycles. The normalized spacial score (nSPS) is 10.8. The SMILES string of the molecule is Cn1c(-c2ccc(Cl)s2)cnc1CN. The van der Waals surface area contributed by atoms with Crippen LogP contribution in [0.5, 0.6) is 0 Å². The fourth-order valence-electron chi connectivity index (χ4n) is 1.32. The molecule has 0 radical (unpaired) electrons. The third-order valence-corrected chi connectivity index (χ3v) is 3.35. The second-order valence-electron chi connectivity index (χ2n) is 2.93. The molecule has 0 amide bonds. The van der Waals surface area contributed by atoms with E-state index in [0.717, 1.165) is 20.7 Å². The van der Waals surface area contributed by atoms with Crippen molar-refractivity contribution < 1.29 is 0 Å². The maximum absolute atomic E-state index is 5.87. The van der Waals surface area contributed by atoms with E-state index in [9.17, 15) is 0 Å². The van der Waals surface area contributed by atoms with Gasteiger partial charge in [-0.2, -0.15) is 0 Å². The van der Waals surface area contributed by atoms with Crippen LogP contribution in [0.15, 0.2) is 18.3 Å². The van der Waals surface area contributed by atoms with Gasteiger partial charge in [-0.1, -0.05) is 11.6 Å². The number of imidazole rings is 1. The molecule has 0 aliphatic rings. The first kappa shape index (κ1) is 9.71. The van der Waals surface area contributed by atoms with Crippen molar-refractivity contribution in [2.45, 2.75) is 6.54 Å². The molecule has 0 saturated heterocycles. The molecule has 0 aromatic carbocycles. The quantitative estimate of drug-likeness (QED) is 0.856. The summed E-state index contributed by atoms with van der Waals surface area (Å²) in [6.45, 7) is 0.454. The summed E-state index contributed by atoms with van der Waals surface area (Å²) in [6.07, 6.45) is 1.82. The largest absolute Gasteiger partial charge is 0.329 e. The summed E-state index contributed by atoms with van der Waals surface area (Å²) in [5.41, 5.74) is 6.60. The van der Waals surface area contributed by atoms with E-state index < -0.39 is 0 Å². The van der Waals surface area contributed by atoms with Gasteiger partial charge in [-0.3, -0.25) is 0 Å². The highest BCUT2D eigenvalue weighted by Gasteiger charge is 2.08. The van der Waals surface area contributed by atoms with E-state index >= 15 is 0 Å². The molecule has 3 nitrogen and oxygen atoms in total. The van der Waals surface area contributed by atoms with Crippen molar-refractivity contribution in [3.8, 4) is 10.6 Å². The van der Waals surface area contributed by atoms with Crippen molar-refractivity contribution in [3.05, 3.63) is 28.5 Å². The van der Waals surface area contributed by atoms with Crippen LogP contribution in [0.25, 0.3) is 10.6 Å². The first-order valence-corrected chi connectivity index (χ1v) is 5.38. The van der Waals surface area contributed by atoms with Gasteiger partial charge in [0.1, 0.15) is 5.82 Å². The van der Waals surface area contributed by atoms with Gasteiger partial charge in [0, 0.05) is 7.05 Å². The van der Waals surface area contributed by atoms with Gasteiger partial charge in [-0.05, 0) is 12.1 Å². The number of hydrogen-bond donors (Lipinski definition) is 1. The molecule has 5 heteroatoms. The van der Waals surface area contributed by atoms with Gasteiger partial charge in [0.2, 0.25) is 0 Å². The number of thiophene rings is 1. The molecule has 0 fully saturated rings. The van der Waals surface area contributed by atoms with Crippen LogP contribution < -0.4 is 5.73 Å². The lowest BCUT2D eigenvalue weighted by atomic mass is 10.4. The molecule has 2 aromatic heterocycles. The number of aromatic nitrogens is 2. The molecule has 2 N–H and O–H groups in total. The molecule has 0 saturated carbocycles. The Morgan fingerprint density at radius 2 is 2.36 bits per heavy atom. The number of rotatable bonds is 2. The zero-order valence-corrected chi connectivity index (χ0v) is 9.27. The van der Waals surface area contributed by atoms with E-state index in [1.807, 2.05) is 29.9 Å². The fourth-order valence-corrected chi connectivity index (χ4v) is 2.41. The maximum atomic E-state index is 5.87. The summed E-state index contributed by atoms with van der Waals surface area (Å²) in [5.74, 6) is 0.879. The number of nitrogens with zero attached hydrogens (tertiary/aromatic N) is 2. The predicted octanol–water partition coefficient (Wildman–Crippen LogP) is 2.26. The minimum Gasteiger partial charge on any atom is -0.329 e. The Kier molecular flexibility index (Phi) is 2.58. The van der Waals surface area contributed by atoms with E-state index in [-0.39, 0.29) is 0 Å². The van der Waals surface area contributed by atoms with Crippen molar-refractivity contribution in [1.82, 2.24) is 9.55 Å². The van der Waals surface area contributed by atoms with Crippen molar-refractivity contribution >= 4 is 22.9 Å². The Balaban J connectivity index is 2.46. The second-order valence-corrected chi connectivity index (χ2v) is 4.64. The van der Waals surface area contributed by atoms with Crippen LogP contribution in [-0.4, -0.2) is 9.55 Å². The maximum Gasteiger partial charge on any atom is 0.122 e. The van der Waals surface area contributed by atoms with E-state index in [1.54, 1.807) is 11.3 Å². The monoisotopic (exact) mass is 227 g/mol. The highest BCUT2D eigenvalue weighted by molar-refractivity contribution is 7.19. The van der Waals surface area contributed by atoms with Gasteiger partial charge in [0.05, 0.1) is 27.6 Å². The Labute approximate surface area is 91.1 Å². The molecule has 74 valence electrons. The van der Waals surface area contributed by atoms with Crippen LogP contribution in [0.1, 0.15) is 5.82 Å². The zero-order valence-electron chi connectivity index (χ0n) is 7.70.